The highest BCUT2D eigenvalue weighted by Crippen LogP contribution is 2.07. The minimum Gasteiger partial charge on any atom is -0.480 e. The SMILES string of the molecule is CC(C)(C)OC(=O)NCC(=O)O.CC(C)(C)OC(=O)NCC=O.CC(C)(C)OC(=O)NCCO.[B]C. The van der Waals surface area contributed by atoms with Crippen LogP contribution in [0.1, 0.15) is 62.3 Å². The maximum absolute atomic E-state index is 10.8. The minimum atomic E-state index is -1.10. The monoisotopic (exact) mass is 521 g/mol. The summed E-state index contributed by atoms with van der Waals surface area (Å²) in [5, 5.41) is 23.2. The molecule has 0 heterocycles. The number of carbonyl (C=O) groups is 5. The fourth-order valence-corrected chi connectivity index (χ4v) is 1.37. The number of nitrogens with one attached hydrogen (secondary N) is 3. The number of aliphatic carboxylic acids is 1. The predicted octanol–water partition coefficient (Wildman–Crippen LogP) is 2.01. The molecule has 0 aliphatic rings. The Morgan fingerprint density at radius 3 is 1.33 bits per heavy atom. The van der Waals surface area contributed by atoms with Gasteiger partial charge in [-0.1, -0.05) is 6.82 Å². The average Bonchev–Trinajstić information content (AvgIpc) is 2.68. The standard InChI is InChI=1S/C7H13NO4.C7H15NO3.C7H13NO3.CH3B/c1-7(2,3)12-6(11)8-4-5(9)10;2*1-7(2,3)11-6(10)8-4-5-9;1-2/h4H2,1-3H3,(H,8,11)(H,9,10);9H,4-5H2,1-3H3,(H,8,10);5H,4H2,1-3H3,(H,8,10);1H3. The topological polar surface area (TPSA) is 190 Å². The third-order valence-corrected chi connectivity index (χ3v) is 2.29. The number of hydrogen-bond donors (Lipinski definition) is 5. The van der Waals surface area contributed by atoms with Gasteiger partial charge < -0.3 is 45.2 Å². The quantitative estimate of drug-likeness (QED) is 0.196. The second kappa shape index (κ2) is 21.3. The van der Waals surface area contributed by atoms with E-state index in [1.807, 2.05) is 0 Å². The Balaban J connectivity index is -0.000000206. The summed E-state index contributed by atoms with van der Waals surface area (Å²) in [4.78, 5) is 52.1. The largest absolute Gasteiger partial charge is 0.480 e. The first-order chi connectivity index (χ1) is 16.2. The summed E-state index contributed by atoms with van der Waals surface area (Å²) in [6, 6.07) is 0. The first-order valence-electron chi connectivity index (χ1n) is 11.0. The highest BCUT2D eigenvalue weighted by atomic mass is 16.6. The van der Waals surface area contributed by atoms with Gasteiger partial charge in [0, 0.05) is 6.54 Å². The normalized spacial score (nSPS) is 10.2. The van der Waals surface area contributed by atoms with Gasteiger partial charge >= 0.3 is 24.2 Å². The van der Waals surface area contributed by atoms with Crippen LogP contribution in [0.3, 0.4) is 0 Å². The fraction of sp³-hybridized carbons (Fsp3) is 0.773. The molecule has 5 N–H and O–H groups in total. The van der Waals surface area contributed by atoms with E-state index in [9.17, 15) is 24.0 Å². The Kier molecular flexibility index (Phi) is 23.7. The summed E-state index contributed by atoms with van der Waals surface area (Å²) in [7, 11) is 4.50. The van der Waals surface area contributed by atoms with Crippen molar-refractivity contribution in [2.24, 2.45) is 0 Å². The van der Waals surface area contributed by atoms with E-state index < -0.39 is 47.6 Å². The lowest BCUT2D eigenvalue weighted by Crippen LogP contribution is -2.35. The molecule has 13 nitrogen and oxygen atoms in total. The Hall–Kier alpha value is -3.03. The highest BCUT2D eigenvalue weighted by Gasteiger charge is 2.17. The molecule has 0 aromatic rings. The number of rotatable bonds is 6. The zero-order valence-corrected chi connectivity index (χ0v) is 23.1. The van der Waals surface area contributed by atoms with Crippen LogP contribution in [0.4, 0.5) is 14.4 Å². The van der Waals surface area contributed by atoms with Crippen LogP contribution in [0, 0.1) is 0 Å². The lowest BCUT2D eigenvalue weighted by molar-refractivity contribution is -0.136. The molecule has 0 aliphatic heterocycles. The van der Waals surface area contributed by atoms with Crippen LogP contribution in [-0.4, -0.2) is 91.6 Å². The average molecular weight is 521 g/mol. The maximum Gasteiger partial charge on any atom is 0.408 e. The molecule has 14 heteroatoms. The molecule has 0 unspecified atom stereocenters. The molecule has 0 aromatic heterocycles. The molecular weight excluding hydrogens is 477 g/mol. The highest BCUT2D eigenvalue weighted by molar-refractivity contribution is 6.05. The molecule has 0 fully saturated rings. The van der Waals surface area contributed by atoms with Crippen molar-refractivity contribution in [3.63, 3.8) is 0 Å². The van der Waals surface area contributed by atoms with Crippen molar-refractivity contribution in [2.75, 3.05) is 26.2 Å². The summed E-state index contributed by atoms with van der Waals surface area (Å²) in [6.07, 6.45) is -1.18. The molecule has 210 valence electrons. The summed E-state index contributed by atoms with van der Waals surface area (Å²) in [5.41, 5.74) is -1.57. The Labute approximate surface area is 215 Å². The molecule has 0 spiro atoms. The number of aldehydes is 1. The van der Waals surface area contributed by atoms with Crippen LogP contribution in [0.25, 0.3) is 0 Å². The maximum atomic E-state index is 10.8. The molecule has 0 bridgehead atoms. The van der Waals surface area contributed by atoms with Gasteiger partial charge in [-0.3, -0.25) is 4.79 Å². The number of aliphatic hydroxyl groups is 1. The van der Waals surface area contributed by atoms with Crippen molar-refractivity contribution in [1.29, 1.82) is 0 Å². The summed E-state index contributed by atoms with van der Waals surface area (Å²) < 4.78 is 14.5. The summed E-state index contributed by atoms with van der Waals surface area (Å²) in [6.45, 7) is 17.0. The zero-order chi connectivity index (χ0) is 29.6. The van der Waals surface area contributed by atoms with Gasteiger partial charge in [-0.05, 0) is 62.3 Å². The second-order valence-corrected chi connectivity index (χ2v) is 9.45. The third-order valence-electron chi connectivity index (χ3n) is 2.29. The van der Waals surface area contributed by atoms with Crippen molar-refractivity contribution in [1.82, 2.24) is 16.0 Å². The Morgan fingerprint density at radius 1 is 0.722 bits per heavy atom. The van der Waals surface area contributed by atoms with Crippen molar-refractivity contribution in [2.45, 2.75) is 85.9 Å². The van der Waals surface area contributed by atoms with E-state index in [1.165, 1.54) is 6.82 Å². The number of alkyl carbamates (subject to hydrolysis) is 3. The van der Waals surface area contributed by atoms with Crippen molar-refractivity contribution in [3.05, 3.63) is 0 Å². The van der Waals surface area contributed by atoms with Crippen molar-refractivity contribution >= 4 is 38.4 Å². The predicted molar refractivity (Wildman–Crippen MR) is 135 cm³/mol. The molecule has 0 aliphatic carbocycles. The molecule has 0 rings (SSSR count). The number of amides is 3. The van der Waals surface area contributed by atoms with Crippen LogP contribution < -0.4 is 16.0 Å². The molecule has 0 saturated heterocycles. The summed E-state index contributed by atoms with van der Waals surface area (Å²) >= 11 is 0. The first-order valence-corrected chi connectivity index (χ1v) is 11.0. The Morgan fingerprint density at radius 2 is 1.06 bits per heavy atom. The lowest BCUT2D eigenvalue weighted by atomic mass is 10.2. The van der Waals surface area contributed by atoms with Crippen LogP contribution >= 0.6 is 0 Å². The molecule has 0 atom stereocenters. The number of hydrogen-bond acceptors (Lipinski definition) is 9. The molecule has 2 radical (unpaired) electrons. The van der Waals surface area contributed by atoms with Gasteiger partial charge in [0.1, 0.15) is 29.6 Å². The number of carbonyl (C=O) groups excluding carboxylic acids is 4. The van der Waals surface area contributed by atoms with Crippen LogP contribution in [0.5, 0.6) is 0 Å². The third kappa shape index (κ3) is 44.6. The number of carboxylic acids is 1. The van der Waals surface area contributed by atoms with Crippen molar-refractivity contribution in [3.8, 4) is 0 Å². The lowest BCUT2D eigenvalue weighted by Gasteiger charge is -2.19. The van der Waals surface area contributed by atoms with Crippen LogP contribution in [0.2, 0.25) is 6.82 Å². The molecule has 36 heavy (non-hydrogen) atoms. The zero-order valence-electron chi connectivity index (χ0n) is 23.1. The number of ether oxygens (including phenoxy) is 3. The smallest absolute Gasteiger partial charge is 0.408 e. The molecule has 0 saturated carbocycles. The van der Waals surface area contributed by atoms with E-state index in [1.54, 1.807) is 62.3 Å². The number of carboxylic acid groups (broad SMARTS) is 1. The molecule has 3 amide bonds. The molecule has 0 aromatic carbocycles. The van der Waals surface area contributed by atoms with Gasteiger partial charge in [-0.2, -0.15) is 0 Å². The first kappa shape index (κ1) is 40.2. The Bertz CT molecular complexity index is 639. The van der Waals surface area contributed by atoms with Gasteiger partial charge in [-0.15, -0.1) is 0 Å². The van der Waals surface area contributed by atoms with Crippen LogP contribution in [0.15, 0.2) is 0 Å². The van der Waals surface area contributed by atoms with Crippen LogP contribution in [-0.2, 0) is 23.8 Å². The van der Waals surface area contributed by atoms with E-state index in [0.29, 0.717) is 6.29 Å². The molecular formula is C22H44BN3O10. The number of aliphatic hydroxyl groups excluding tert-OH is 1. The minimum absolute atomic E-state index is 0.00505. The fourth-order valence-electron chi connectivity index (χ4n) is 1.37. The summed E-state index contributed by atoms with van der Waals surface area (Å²) in [5.74, 6) is -1.10. The van der Waals surface area contributed by atoms with E-state index in [0.717, 1.165) is 0 Å². The van der Waals surface area contributed by atoms with Crippen molar-refractivity contribution < 1.29 is 48.4 Å². The van der Waals surface area contributed by atoms with Gasteiger partial charge in [0.25, 0.3) is 0 Å². The van der Waals surface area contributed by atoms with E-state index in [-0.39, 0.29) is 19.7 Å². The van der Waals surface area contributed by atoms with Gasteiger partial charge in [0.05, 0.1) is 21.0 Å². The van der Waals surface area contributed by atoms with Gasteiger partial charge in [0.15, 0.2) is 0 Å². The van der Waals surface area contributed by atoms with E-state index >= 15 is 0 Å². The van der Waals surface area contributed by atoms with Gasteiger partial charge in [-0.25, -0.2) is 14.4 Å². The van der Waals surface area contributed by atoms with Gasteiger partial charge in [0.2, 0.25) is 0 Å². The van der Waals surface area contributed by atoms with E-state index in [2.05, 4.69) is 23.8 Å². The second-order valence-electron chi connectivity index (χ2n) is 9.45. The van der Waals surface area contributed by atoms with E-state index in [4.69, 9.17) is 24.4 Å².